The first-order valence-electron chi connectivity index (χ1n) is 9.23. The lowest BCUT2D eigenvalue weighted by Gasteiger charge is -2.19. The van der Waals surface area contributed by atoms with Gasteiger partial charge in [-0.25, -0.2) is 9.38 Å². The highest BCUT2D eigenvalue weighted by molar-refractivity contribution is 14.0. The largest absolute Gasteiger partial charge is 0.375 e. The molecule has 1 unspecified atom stereocenters. The molecule has 1 aromatic rings. The molecule has 0 radical (unpaired) electrons. The van der Waals surface area contributed by atoms with Crippen LogP contribution in [0.3, 0.4) is 0 Å². The number of rotatable bonds is 6. The highest BCUT2D eigenvalue weighted by Crippen LogP contribution is 2.18. The molecule has 2 rings (SSSR count). The fourth-order valence-electron chi connectivity index (χ4n) is 3.02. The number of hydrogen-bond donors (Lipinski definition) is 2. The van der Waals surface area contributed by atoms with Gasteiger partial charge in [-0.2, -0.15) is 0 Å². The fraction of sp³-hybridized carbons (Fsp3) is 0.579. The van der Waals surface area contributed by atoms with E-state index in [-0.39, 0.29) is 41.7 Å². The summed E-state index contributed by atoms with van der Waals surface area (Å²) in [5, 5.41) is 6.60. The van der Waals surface area contributed by atoms with E-state index in [1.807, 2.05) is 38.9 Å². The average Bonchev–Trinajstić information content (AvgIpc) is 3.07. The predicted octanol–water partition coefficient (Wildman–Crippen LogP) is 2.58. The van der Waals surface area contributed by atoms with Crippen molar-refractivity contribution in [3.63, 3.8) is 0 Å². The first-order chi connectivity index (χ1) is 12.4. The molecule has 0 saturated carbocycles. The number of hydrogen-bond acceptors (Lipinski definition) is 3. The minimum Gasteiger partial charge on any atom is -0.375 e. The summed E-state index contributed by atoms with van der Waals surface area (Å²) in [5.41, 5.74) is 1.38. The summed E-state index contributed by atoms with van der Waals surface area (Å²) in [4.78, 5) is 20.0. The highest BCUT2D eigenvalue weighted by Gasteiger charge is 2.25. The molecule has 0 aliphatic carbocycles. The molecule has 0 spiro atoms. The summed E-state index contributed by atoms with van der Waals surface area (Å²) < 4.78 is 14.1. The second-order valence-corrected chi connectivity index (χ2v) is 6.70. The van der Waals surface area contributed by atoms with Crippen molar-refractivity contribution in [3.8, 4) is 0 Å². The van der Waals surface area contributed by atoms with E-state index in [9.17, 15) is 9.18 Å². The first-order valence-corrected chi connectivity index (χ1v) is 9.23. The van der Waals surface area contributed by atoms with Crippen LogP contribution in [0.1, 0.15) is 32.3 Å². The molecule has 8 heteroatoms. The van der Waals surface area contributed by atoms with Gasteiger partial charge in [0.25, 0.3) is 0 Å². The molecule has 6 nitrogen and oxygen atoms in total. The van der Waals surface area contributed by atoms with Crippen molar-refractivity contribution < 1.29 is 9.18 Å². The second-order valence-electron chi connectivity index (χ2n) is 6.70. The molecule has 27 heavy (non-hydrogen) atoms. The van der Waals surface area contributed by atoms with Crippen molar-refractivity contribution in [2.24, 2.45) is 4.99 Å². The Labute approximate surface area is 178 Å². The molecular formula is C19H31FIN5O. The summed E-state index contributed by atoms with van der Waals surface area (Å²) in [6.45, 7) is 6.50. The van der Waals surface area contributed by atoms with Crippen molar-refractivity contribution in [2.75, 3.05) is 38.6 Å². The van der Waals surface area contributed by atoms with Crippen LogP contribution in [-0.2, 0) is 11.3 Å². The monoisotopic (exact) mass is 491 g/mol. The van der Waals surface area contributed by atoms with Gasteiger partial charge in [0.15, 0.2) is 5.96 Å². The lowest BCUT2D eigenvalue weighted by atomic mass is 10.2. The van der Waals surface area contributed by atoms with Gasteiger partial charge in [0.1, 0.15) is 5.82 Å². The van der Waals surface area contributed by atoms with Crippen LogP contribution in [0, 0.1) is 5.82 Å². The van der Waals surface area contributed by atoms with E-state index >= 15 is 0 Å². The maximum absolute atomic E-state index is 14.1. The van der Waals surface area contributed by atoms with E-state index in [2.05, 4.69) is 15.6 Å². The number of nitrogens with one attached hydrogen (secondary N) is 2. The maximum atomic E-state index is 14.1. The summed E-state index contributed by atoms with van der Waals surface area (Å²) in [6.07, 6.45) is 1.44. The van der Waals surface area contributed by atoms with E-state index in [0.29, 0.717) is 31.2 Å². The van der Waals surface area contributed by atoms with Gasteiger partial charge in [-0.15, -0.1) is 24.0 Å². The van der Waals surface area contributed by atoms with E-state index in [0.717, 1.165) is 25.1 Å². The number of carbonyl (C=O) groups excluding carboxylic acids is 1. The first kappa shape index (κ1) is 23.5. The minimum atomic E-state index is -0.245. The Morgan fingerprint density at radius 1 is 1.37 bits per heavy atom. The van der Waals surface area contributed by atoms with Crippen molar-refractivity contribution in [1.29, 1.82) is 0 Å². The van der Waals surface area contributed by atoms with Crippen molar-refractivity contribution in [2.45, 2.75) is 39.3 Å². The van der Waals surface area contributed by atoms with Crippen molar-refractivity contribution in [1.82, 2.24) is 15.5 Å². The third-order valence-corrected chi connectivity index (χ3v) is 4.44. The Kier molecular flexibility index (Phi) is 9.82. The normalized spacial score (nSPS) is 16.7. The molecule has 1 amide bonds. The molecule has 1 saturated heterocycles. The van der Waals surface area contributed by atoms with Gasteiger partial charge in [0.05, 0.1) is 12.2 Å². The Bertz CT molecular complexity index is 653. The topological polar surface area (TPSA) is 60.0 Å². The second kappa shape index (κ2) is 11.3. The van der Waals surface area contributed by atoms with E-state index in [1.54, 1.807) is 11.0 Å². The molecule has 1 atom stereocenters. The quantitative estimate of drug-likeness (QED) is 0.365. The zero-order valence-electron chi connectivity index (χ0n) is 16.6. The van der Waals surface area contributed by atoms with Crippen LogP contribution in [-0.4, -0.2) is 56.5 Å². The molecule has 1 heterocycles. The van der Waals surface area contributed by atoms with Gasteiger partial charge in [-0.05, 0) is 31.0 Å². The SMILES string of the molecule is CCNC(=NCc1ccc(N(C)C)c(F)c1)NC1CCN(C(=O)CC)C1.I. The van der Waals surface area contributed by atoms with Gasteiger partial charge in [0.2, 0.25) is 5.91 Å². The number of likely N-dealkylation sites (tertiary alicyclic amines) is 1. The van der Waals surface area contributed by atoms with E-state index in [4.69, 9.17) is 0 Å². The number of benzene rings is 1. The van der Waals surface area contributed by atoms with Gasteiger partial charge in [-0.1, -0.05) is 13.0 Å². The van der Waals surface area contributed by atoms with Crippen molar-refractivity contribution >= 4 is 41.5 Å². The third-order valence-electron chi connectivity index (χ3n) is 4.44. The molecule has 1 aromatic carbocycles. The standard InChI is InChI=1S/C19H30FN5O.HI/c1-5-18(26)25-10-9-15(13-25)23-19(21-6-2)22-12-14-7-8-17(24(3)4)16(20)11-14;/h7-8,11,15H,5-6,9-10,12-13H2,1-4H3,(H2,21,22,23);1H. The minimum absolute atomic E-state index is 0. The Hall–Kier alpha value is -1.58. The van der Waals surface area contributed by atoms with Gasteiger partial charge < -0.3 is 20.4 Å². The number of halogens is 2. The molecule has 1 aliphatic rings. The van der Waals surface area contributed by atoms with E-state index < -0.39 is 0 Å². The molecular weight excluding hydrogens is 460 g/mol. The Morgan fingerprint density at radius 2 is 2.11 bits per heavy atom. The molecule has 1 aliphatic heterocycles. The summed E-state index contributed by atoms with van der Waals surface area (Å²) >= 11 is 0. The van der Waals surface area contributed by atoms with Crippen molar-refractivity contribution in [3.05, 3.63) is 29.6 Å². The average molecular weight is 491 g/mol. The smallest absolute Gasteiger partial charge is 0.222 e. The number of guanidine groups is 1. The zero-order chi connectivity index (χ0) is 19.1. The molecule has 0 aromatic heterocycles. The van der Waals surface area contributed by atoms with Crippen LogP contribution in [0.5, 0.6) is 0 Å². The molecule has 1 fully saturated rings. The Balaban J connectivity index is 0.00000364. The van der Waals surface area contributed by atoms with E-state index in [1.165, 1.54) is 6.07 Å². The summed E-state index contributed by atoms with van der Waals surface area (Å²) in [5.74, 6) is 0.637. The van der Waals surface area contributed by atoms with Gasteiger partial charge >= 0.3 is 0 Å². The molecule has 0 bridgehead atoms. The fourth-order valence-corrected chi connectivity index (χ4v) is 3.02. The summed E-state index contributed by atoms with van der Waals surface area (Å²) in [7, 11) is 3.63. The number of anilines is 1. The highest BCUT2D eigenvalue weighted by atomic mass is 127. The Morgan fingerprint density at radius 3 is 2.70 bits per heavy atom. The number of amides is 1. The van der Waals surface area contributed by atoms with Crippen LogP contribution in [0.2, 0.25) is 0 Å². The lowest BCUT2D eigenvalue weighted by molar-refractivity contribution is -0.129. The zero-order valence-corrected chi connectivity index (χ0v) is 18.9. The van der Waals surface area contributed by atoms with Crippen LogP contribution in [0.4, 0.5) is 10.1 Å². The molecule has 152 valence electrons. The van der Waals surface area contributed by atoms with Crippen LogP contribution < -0.4 is 15.5 Å². The predicted molar refractivity (Wildman–Crippen MR) is 119 cm³/mol. The number of carbonyl (C=O) groups is 1. The van der Waals surface area contributed by atoms with Crippen LogP contribution >= 0.6 is 24.0 Å². The maximum Gasteiger partial charge on any atom is 0.222 e. The number of aliphatic imine (C=N–C) groups is 1. The lowest BCUT2D eigenvalue weighted by Crippen LogP contribution is -2.45. The van der Waals surface area contributed by atoms with Crippen LogP contribution in [0.25, 0.3) is 0 Å². The van der Waals surface area contributed by atoms with Gasteiger partial charge in [0, 0.05) is 46.2 Å². The third kappa shape index (κ3) is 6.82. The van der Waals surface area contributed by atoms with Crippen LogP contribution in [0.15, 0.2) is 23.2 Å². The van der Waals surface area contributed by atoms with Gasteiger partial charge in [-0.3, -0.25) is 4.79 Å². The summed E-state index contributed by atoms with van der Waals surface area (Å²) in [6, 6.07) is 5.38. The molecule has 2 N–H and O–H groups in total. The number of nitrogens with zero attached hydrogens (tertiary/aromatic N) is 3.